The van der Waals surface area contributed by atoms with Crippen molar-refractivity contribution < 1.29 is 4.79 Å². The van der Waals surface area contributed by atoms with E-state index < -0.39 is 0 Å². The number of carbonyl (C=O) groups is 1. The molecule has 0 aliphatic rings. The van der Waals surface area contributed by atoms with Gasteiger partial charge in [-0.15, -0.1) is 0 Å². The first-order valence-electron chi connectivity index (χ1n) is 5.38. The summed E-state index contributed by atoms with van der Waals surface area (Å²) in [5, 5.41) is 8.66. The fourth-order valence-corrected chi connectivity index (χ4v) is 1.89. The van der Waals surface area contributed by atoms with Crippen LogP contribution in [0.4, 0.5) is 0 Å². The van der Waals surface area contributed by atoms with Crippen molar-refractivity contribution in [2.45, 2.75) is 0 Å². The van der Waals surface area contributed by atoms with Gasteiger partial charge in [-0.2, -0.15) is 17.0 Å². The van der Waals surface area contributed by atoms with Crippen LogP contribution in [0.5, 0.6) is 0 Å². The third-order valence-corrected chi connectivity index (χ3v) is 3.02. The van der Waals surface area contributed by atoms with Crippen molar-refractivity contribution in [2.24, 2.45) is 0 Å². The van der Waals surface area contributed by atoms with E-state index in [1.807, 2.05) is 18.0 Å². The number of thioether (sulfide) groups is 1. The molecule has 0 atom stereocenters. The number of carbonyl (C=O) groups excluding carboxylic acids is 1. The number of benzene rings is 1. The van der Waals surface area contributed by atoms with Gasteiger partial charge >= 0.3 is 0 Å². The molecule has 17 heavy (non-hydrogen) atoms. The monoisotopic (exact) mass is 248 g/mol. The predicted octanol–water partition coefficient (Wildman–Crippen LogP) is 2.04. The largest absolute Gasteiger partial charge is 0.298 e. The zero-order valence-electron chi connectivity index (χ0n) is 10.1. The lowest BCUT2D eigenvalue weighted by molar-refractivity contribution is 0.0949. The first-order valence-corrected chi connectivity index (χ1v) is 6.77. The van der Waals surface area contributed by atoms with Crippen molar-refractivity contribution in [3.8, 4) is 6.07 Å². The Labute approximate surface area is 106 Å². The summed E-state index contributed by atoms with van der Waals surface area (Å²) >= 11 is 1.77. The van der Waals surface area contributed by atoms with E-state index in [4.69, 9.17) is 5.26 Å². The predicted molar refractivity (Wildman–Crippen MR) is 71.4 cm³/mol. The maximum Gasteiger partial charge on any atom is 0.176 e. The van der Waals surface area contributed by atoms with Gasteiger partial charge in [0.2, 0.25) is 0 Å². The third-order valence-electron chi connectivity index (χ3n) is 2.43. The maximum atomic E-state index is 11.9. The molecular weight excluding hydrogens is 232 g/mol. The molecule has 1 aromatic carbocycles. The molecule has 0 amide bonds. The van der Waals surface area contributed by atoms with Crippen LogP contribution in [0.2, 0.25) is 0 Å². The van der Waals surface area contributed by atoms with Gasteiger partial charge in [-0.05, 0) is 25.4 Å². The fourth-order valence-electron chi connectivity index (χ4n) is 1.39. The van der Waals surface area contributed by atoms with Crippen molar-refractivity contribution in [1.82, 2.24) is 4.90 Å². The second kappa shape index (κ2) is 7.10. The number of nitrogens with zero attached hydrogens (tertiary/aromatic N) is 2. The molecule has 4 heteroatoms. The van der Waals surface area contributed by atoms with Crippen LogP contribution in [-0.4, -0.2) is 42.8 Å². The molecule has 0 saturated heterocycles. The first kappa shape index (κ1) is 13.8. The van der Waals surface area contributed by atoms with Crippen LogP contribution in [0, 0.1) is 11.3 Å². The molecule has 0 aliphatic carbocycles. The number of Topliss-reactive ketones (excluding diaryl/α,β-unsaturated/α-hetero) is 1. The van der Waals surface area contributed by atoms with Crippen molar-refractivity contribution in [2.75, 3.05) is 32.1 Å². The van der Waals surface area contributed by atoms with Crippen LogP contribution in [0.25, 0.3) is 0 Å². The van der Waals surface area contributed by atoms with Gasteiger partial charge in [-0.25, -0.2) is 0 Å². The molecule has 0 spiro atoms. The zero-order chi connectivity index (χ0) is 12.7. The maximum absolute atomic E-state index is 11.9. The Hall–Kier alpha value is -1.31. The fraction of sp³-hybridized carbons (Fsp3) is 0.385. The second-order valence-corrected chi connectivity index (χ2v) is 4.83. The highest BCUT2D eigenvalue weighted by atomic mass is 32.2. The van der Waals surface area contributed by atoms with Gasteiger partial charge < -0.3 is 0 Å². The highest BCUT2D eigenvalue weighted by Crippen LogP contribution is 2.05. The van der Waals surface area contributed by atoms with Crippen LogP contribution < -0.4 is 0 Å². The van der Waals surface area contributed by atoms with Gasteiger partial charge in [-0.3, -0.25) is 9.69 Å². The minimum atomic E-state index is 0.0955. The van der Waals surface area contributed by atoms with E-state index >= 15 is 0 Å². The van der Waals surface area contributed by atoms with Gasteiger partial charge in [0.1, 0.15) is 0 Å². The summed E-state index contributed by atoms with van der Waals surface area (Å²) in [5.41, 5.74) is 1.25. The molecular formula is C13H16N2OS. The average Bonchev–Trinajstić information content (AvgIpc) is 2.36. The van der Waals surface area contributed by atoms with Crippen LogP contribution in [-0.2, 0) is 0 Å². The molecule has 0 heterocycles. The Morgan fingerprint density at radius 2 is 2.06 bits per heavy atom. The van der Waals surface area contributed by atoms with E-state index in [0.717, 1.165) is 12.3 Å². The molecule has 0 unspecified atom stereocenters. The number of likely N-dealkylation sites (N-methyl/N-ethyl adjacent to an activating group) is 1. The van der Waals surface area contributed by atoms with Gasteiger partial charge in [-0.1, -0.05) is 12.1 Å². The van der Waals surface area contributed by atoms with Gasteiger partial charge in [0.25, 0.3) is 0 Å². The third kappa shape index (κ3) is 4.59. The molecule has 0 aliphatic heterocycles. The molecule has 0 aromatic heterocycles. The highest BCUT2D eigenvalue weighted by Gasteiger charge is 2.08. The molecule has 0 fully saturated rings. The number of hydrogen-bond donors (Lipinski definition) is 0. The minimum absolute atomic E-state index is 0.0955. The van der Waals surface area contributed by atoms with Crippen molar-refractivity contribution >= 4 is 17.5 Å². The number of hydrogen-bond acceptors (Lipinski definition) is 4. The van der Waals surface area contributed by atoms with Crippen LogP contribution >= 0.6 is 11.8 Å². The van der Waals surface area contributed by atoms with E-state index in [-0.39, 0.29) is 5.78 Å². The molecule has 1 aromatic rings. The molecule has 0 radical (unpaired) electrons. The summed E-state index contributed by atoms with van der Waals surface area (Å²) in [6.07, 6.45) is 2.05. The lowest BCUT2D eigenvalue weighted by Crippen LogP contribution is -2.28. The Bertz CT molecular complexity index is 408. The summed E-state index contributed by atoms with van der Waals surface area (Å²) in [7, 11) is 1.94. The summed E-state index contributed by atoms with van der Waals surface area (Å²) in [6, 6.07) is 8.81. The Morgan fingerprint density at radius 3 is 2.59 bits per heavy atom. The van der Waals surface area contributed by atoms with Crippen molar-refractivity contribution in [3.05, 3.63) is 35.4 Å². The summed E-state index contributed by atoms with van der Waals surface area (Å²) in [6.45, 7) is 1.33. The van der Waals surface area contributed by atoms with Crippen molar-refractivity contribution in [1.29, 1.82) is 5.26 Å². The second-order valence-electron chi connectivity index (χ2n) is 3.84. The number of ketones is 1. The number of rotatable bonds is 6. The molecule has 0 bridgehead atoms. The van der Waals surface area contributed by atoms with E-state index in [2.05, 4.69) is 6.26 Å². The van der Waals surface area contributed by atoms with Crippen LogP contribution in [0.15, 0.2) is 24.3 Å². The standard InChI is InChI=1S/C13H16N2OS/c1-15(7-8-17-2)10-13(16)12-5-3-11(9-14)4-6-12/h3-6H,7-8,10H2,1-2H3. The molecule has 3 nitrogen and oxygen atoms in total. The Balaban J connectivity index is 2.54. The lowest BCUT2D eigenvalue weighted by Gasteiger charge is -2.14. The highest BCUT2D eigenvalue weighted by molar-refractivity contribution is 7.98. The first-order chi connectivity index (χ1) is 8.17. The van der Waals surface area contributed by atoms with E-state index in [1.165, 1.54) is 0 Å². The molecule has 0 saturated carbocycles. The lowest BCUT2D eigenvalue weighted by atomic mass is 10.1. The molecule has 1 rings (SSSR count). The quantitative estimate of drug-likeness (QED) is 0.723. The van der Waals surface area contributed by atoms with Crippen molar-refractivity contribution in [3.63, 3.8) is 0 Å². The van der Waals surface area contributed by atoms with Gasteiger partial charge in [0, 0.05) is 17.9 Å². The SMILES string of the molecule is CSCCN(C)CC(=O)c1ccc(C#N)cc1. The average molecular weight is 248 g/mol. The normalized spacial score (nSPS) is 10.2. The van der Waals surface area contributed by atoms with Crippen LogP contribution in [0.3, 0.4) is 0 Å². The smallest absolute Gasteiger partial charge is 0.176 e. The van der Waals surface area contributed by atoms with Gasteiger partial charge in [0.05, 0.1) is 18.2 Å². The molecule has 90 valence electrons. The van der Waals surface area contributed by atoms with E-state index in [9.17, 15) is 4.79 Å². The Kier molecular flexibility index (Phi) is 5.75. The molecule has 0 N–H and O–H groups in total. The zero-order valence-corrected chi connectivity index (χ0v) is 11.0. The van der Waals surface area contributed by atoms with Crippen LogP contribution in [0.1, 0.15) is 15.9 Å². The topological polar surface area (TPSA) is 44.1 Å². The van der Waals surface area contributed by atoms with E-state index in [0.29, 0.717) is 17.7 Å². The summed E-state index contributed by atoms with van der Waals surface area (Å²) in [5.74, 6) is 1.12. The van der Waals surface area contributed by atoms with E-state index in [1.54, 1.807) is 36.0 Å². The minimum Gasteiger partial charge on any atom is -0.298 e. The Morgan fingerprint density at radius 1 is 1.41 bits per heavy atom. The van der Waals surface area contributed by atoms with Gasteiger partial charge in [0.15, 0.2) is 5.78 Å². The number of nitriles is 1. The summed E-state index contributed by atoms with van der Waals surface area (Å²) < 4.78 is 0. The summed E-state index contributed by atoms with van der Waals surface area (Å²) in [4.78, 5) is 13.9.